The van der Waals surface area contributed by atoms with Crippen molar-refractivity contribution in [1.29, 1.82) is 0 Å². The maximum Gasteiger partial charge on any atom is 0.0777 e. The van der Waals surface area contributed by atoms with Gasteiger partial charge in [0.05, 0.1) is 5.60 Å². The van der Waals surface area contributed by atoms with Gasteiger partial charge in [-0.05, 0) is 46.1 Å². The molecule has 0 aromatic heterocycles. The molecule has 2 heterocycles. The molecule has 2 fully saturated rings. The number of likely N-dealkylation sites (tertiary alicyclic amines) is 1. The molecule has 16 heavy (non-hydrogen) atoms. The second kappa shape index (κ2) is 5.03. The molecular weight excluding hydrogens is 200 g/mol. The molecule has 3 atom stereocenters. The number of hydrogen-bond acceptors (Lipinski definition) is 3. The third-order valence-corrected chi connectivity index (χ3v) is 4.33. The van der Waals surface area contributed by atoms with Crippen molar-refractivity contribution in [1.82, 2.24) is 10.2 Å². The fourth-order valence-corrected chi connectivity index (χ4v) is 3.02. The van der Waals surface area contributed by atoms with Gasteiger partial charge in [-0.1, -0.05) is 0 Å². The summed E-state index contributed by atoms with van der Waals surface area (Å²) in [5.41, 5.74) is 0.0846. The Bertz CT molecular complexity index is 226. The molecular formula is C13H26N2O. The predicted molar refractivity (Wildman–Crippen MR) is 66.7 cm³/mol. The van der Waals surface area contributed by atoms with E-state index in [4.69, 9.17) is 4.74 Å². The van der Waals surface area contributed by atoms with Crippen molar-refractivity contribution < 1.29 is 4.74 Å². The van der Waals surface area contributed by atoms with Crippen LogP contribution in [0, 0.1) is 0 Å². The minimum Gasteiger partial charge on any atom is -0.377 e. The highest BCUT2D eigenvalue weighted by Crippen LogP contribution is 2.27. The molecule has 0 saturated carbocycles. The summed E-state index contributed by atoms with van der Waals surface area (Å²) >= 11 is 0. The van der Waals surface area contributed by atoms with Gasteiger partial charge >= 0.3 is 0 Å². The van der Waals surface area contributed by atoms with E-state index in [1.54, 1.807) is 0 Å². The highest BCUT2D eigenvalue weighted by molar-refractivity contribution is 4.90. The maximum atomic E-state index is 5.66. The molecule has 0 aliphatic carbocycles. The SMILES string of the molecule is COC1(C)CCCN(C2CCC(C)NC2)C1. The van der Waals surface area contributed by atoms with Crippen LogP contribution in [-0.2, 0) is 4.74 Å². The number of nitrogens with zero attached hydrogens (tertiary/aromatic N) is 1. The van der Waals surface area contributed by atoms with Crippen LogP contribution in [0.2, 0.25) is 0 Å². The van der Waals surface area contributed by atoms with E-state index in [0.29, 0.717) is 6.04 Å². The molecule has 3 nitrogen and oxygen atoms in total. The van der Waals surface area contributed by atoms with E-state index in [1.165, 1.54) is 32.2 Å². The molecule has 2 aliphatic rings. The van der Waals surface area contributed by atoms with E-state index in [0.717, 1.165) is 19.1 Å². The van der Waals surface area contributed by atoms with Gasteiger partial charge in [-0.25, -0.2) is 0 Å². The molecule has 0 bridgehead atoms. The Morgan fingerprint density at radius 3 is 2.81 bits per heavy atom. The molecule has 0 radical (unpaired) electrons. The van der Waals surface area contributed by atoms with Gasteiger partial charge in [0, 0.05) is 32.3 Å². The lowest BCUT2D eigenvalue weighted by Gasteiger charge is -2.45. The summed E-state index contributed by atoms with van der Waals surface area (Å²) in [6, 6.07) is 1.43. The largest absolute Gasteiger partial charge is 0.377 e. The van der Waals surface area contributed by atoms with Crippen molar-refractivity contribution in [3.05, 3.63) is 0 Å². The van der Waals surface area contributed by atoms with Crippen LogP contribution >= 0.6 is 0 Å². The third-order valence-electron chi connectivity index (χ3n) is 4.33. The molecule has 2 aliphatic heterocycles. The van der Waals surface area contributed by atoms with E-state index >= 15 is 0 Å². The van der Waals surface area contributed by atoms with Crippen molar-refractivity contribution in [2.45, 2.75) is 57.2 Å². The molecule has 0 amide bonds. The topological polar surface area (TPSA) is 24.5 Å². The number of piperidine rings is 2. The lowest BCUT2D eigenvalue weighted by molar-refractivity contribution is -0.0639. The van der Waals surface area contributed by atoms with Crippen LogP contribution in [0.1, 0.15) is 39.5 Å². The van der Waals surface area contributed by atoms with Gasteiger partial charge < -0.3 is 10.1 Å². The summed E-state index contributed by atoms with van der Waals surface area (Å²) in [6.45, 7) is 8.04. The van der Waals surface area contributed by atoms with Crippen LogP contribution in [0.25, 0.3) is 0 Å². The van der Waals surface area contributed by atoms with Crippen LogP contribution in [0.15, 0.2) is 0 Å². The second-order valence-electron chi connectivity index (χ2n) is 5.77. The Balaban J connectivity index is 1.89. The molecule has 0 aromatic carbocycles. The van der Waals surface area contributed by atoms with Crippen molar-refractivity contribution in [3.8, 4) is 0 Å². The zero-order valence-electron chi connectivity index (χ0n) is 11.0. The van der Waals surface area contributed by atoms with Crippen molar-refractivity contribution in [2.24, 2.45) is 0 Å². The molecule has 2 saturated heterocycles. The smallest absolute Gasteiger partial charge is 0.0777 e. The average Bonchev–Trinajstić information content (AvgIpc) is 2.30. The summed E-state index contributed by atoms with van der Waals surface area (Å²) in [4.78, 5) is 2.63. The zero-order valence-corrected chi connectivity index (χ0v) is 11.0. The number of ether oxygens (including phenoxy) is 1. The minimum absolute atomic E-state index is 0.0846. The quantitative estimate of drug-likeness (QED) is 0.774. The Labute approximate surface area is 99.5 Å². The number of rotatable bonds is 2. The van der Waals surface area contributed by atoms with E-state index in [-0.39, 0.29) is 5.60 Å². The van der Waals surface area contributed by atoms with Gasteiger partial charge in [-0.15, -0.1) is 0 Å². The van der Waals surface area contributed by atoms with Gasteiger partial charge in [0.15, 0.2) is 0 Å². The molecule has 0 aromatic rings. The van der Waals surface area contributed by atoms with Gasteiger partial charge in [0.2, 0.25) is 0 Å². The Morgan fingerprint density at radius 2 is 2.19 bits per heavy atom. The number of hydrogen-bond donors (Lipinski definition) is 1. The molecule has 94 valence electrons. The third kappa shape index (κ3) is 2.76. The maximum absolute atomic E-state index is 5.66. The van der Waals surface area contributed by atoms with E-state index in [1.807, 2.05) is 7.11 Å². The van der Waals surface area contributed by atoms with Gasteiger partial charge in [0.1, 0.15) is 0 Å². The van der Waals surface area contributed by atoms with Crippen molar-refractivity contribution in [2.75, 3.05) is 26.7 Å². The van der Waals surface area contributed by atoms with Crippen LogP contribution in [-0.4, -0.2) is 49.3 Å². The highest BCUT2D eigenvalue weighted by Gasteiger charge is 2.34. The summed E-state index contributed by atoms with van der Waals surface area (Å²) in [7, 11) is 1.85. The lowest BCUT2D eigenvalue weighted by Crippen LogP contribution is -2.56. The Morgan fingerprint density at radius 1 is 1.38 bits per heavy atom. The molecule has 3 heteroatoms. The van der Waals surface area contributed by atoms with E-state index < -0.39 is 0 Å². The summed E-state index contributed by atoms with van der Waals surface area (Å²) in [5.74, 6) is 0. The lowest BCUT2D eigenvalue weighted by atomic mass is 9.91. The van der Waals surface area contributed by atoms with Gasteiger partial charge in [0.25, 0.3) is 0 Å². The predicted octanol–water partition coefficient (Wildman–Crippen LogP) is 1.63. The zero-order chi connectivity index (χ0) is 11.6. The first-order valence-electron chi connectivity index (χ1n) is 6.65. The molecule has 3 unspecified atom stereocenters. The number of methoxy groups -OCH3 is 1. The highest BCUT2D eigenvalue weighted by atomic mass is 16.5. The van der Waals surface area contributed by atoms with Crippen LogP contribution < -0.4 is 5.32 Å². The van der Waals surface area contributed by atoms with Gasteiger partial charge in [-0.2, -0.15) is 0 Å². The van der Waals surface area contributed by atoms with E-state index in [2.05, 4.69) is 24.1 Å². The monoisotopic (exact) mass is 226 g/mol. The van der Waals surface area contributed by atoms with E-state index in [9.17, 15) is 0 Å². The summed E-state index contributed by atoms with van der Waals surface area (Å²) in [5, 5.41) is 3.59. The van der Waals surface area contributed by atoms with Crippen molar-refractivity contribution >= 4 is 0 Å². The first kappa shape index (κ1) is 12.3. The normalized spacial score (nSPS) is 42.2. The first-order valence-corrected chi connectivity index (χ1v) is 6.65. The number of nitrogens with one attached hydrogen (secondary N) is 1. The average molecular weight is 226 g/mol. The fourth-order valence-electron chi connectivity index (χ4n) is 3.02. The van der Waals surface area contributed by atoms with Gasteiger partial charge in [-0.3, -0.25) is 4.90 Å². The summed E-state index contributed by atoms with van der Waals surface area (Å²) in [6.07, 6.45) is 5.13. The Kier molecular flexibility index (Phi) is 3.88. The van der Waals surface area contributed by atoms with Crippen LogP contribution in [0.3, 0.4) is 0 Å². The first-order chi connectivity index (χ1) is 7.63. The second-order valence-corrected chi connectivity index (χ2v) is 5.77. The minimum atomic E-state index is 0.0846. The Hall–Kier alpha value is -0.120. The summed E-state index contributed by atoms with van der Waals surface area (Å²) < 4.78 is 5.66. The standard InChI is InChI=1S/C13H26N2O/c1-11-5-6-12(9-14-11)15-8-4-7-13(2,10-15)16-3/h11-12,14H,4-10H2,1-3H3. The van der Waals surface area contributed by atoms with Crippen LogP contribution in [0.4, 0.5) is 0 Å². The van der Waals surface area contributed by atoms with Crippen LogP contribution in [0.5, 0.6) is 0 Å². The molecule has 0 spiro atoms. The molecule has 1 N–H and O–H groups in total. The fraction of sp³-hybridized carbons (Fsp3) is 1.00. The van der Waals surface area contributed by atoms with Crippen molar-refractivity contribution in [3.63, 3.8) is 0 Å². The molecule has 2 rings (SSSR count).